The minimum absolute atomic E-state index is 0.132. The van der Waals surface area contributed by atoms with Crippen molar-refractivity contribution in [2.75, 3.05) is 24.6 Å². The third-order valence-corrected chi connectivity index (χ3v) is 3.91. The van der Waals surface area contributed by atoms with Crippen molar-refractivity contribution < 1.29 is 19.1 Å². The lowest BCUT2D eigenvalue weighted by Gasteiger charge is -2.16. The molecule has 22 heavy (non-hydrogen) atoms. The Bertz CT molecular complexity index is 588. The first-order chi connectivity index (χ1) is 10.6. The molecule has 1 fully saturated rings. The van der Waals surface area contributed by atoms with Gasteiger partial charge in [-0.15, -0.1) is 0 Å². The molecule has 1 atom stereocenters. The minimum atomic E-state index is -0.385. The maximum Gasteiger partial charge on any atom is 0.414 e. The Balaban J connectivity index is 1.72. The smallest absolute Gasteiger partial charge is 0.414 e. The van der Waals surface area contributed by atoms with Crippen molar-refractivity contribution in [3.8, 4) is 5.75 Å². The first kappa shape index (κ1) is 14.7. The van der Waals surface area contributed by atoms with Gasteiger partial charge >= 0.3 is 6.09 Å². The molecule has 1 saturated heterocycles. The van der Waals surface area contributed by atoms with Crippen LogP contribution in [0.4, 0.5) is 10.5 Å². The number of hydrogen-bond acceptors (Lipinski definition) is 4. The molecule has 6 nitrogen and oxygen atoms in total. The summed E-state index contributed by atoms with van der Waals surface area (Å²) in [6, 6.07) is 5.85. The molecule has 1 aromatic rings. The number of nitrogens with zero attached hydrogens (tertiary/aromatic N) is 1. The fraction of sp³-hybridized carbons (Fsp3) is 0.500. The lowest BCUT2D eigenvalue weighted by Crippen LogP contribution is -2.33. The van der Waals surface area contributed by atoms with Gasteiger partial charge in [-0.3, -0.25) is 9.69 Å². The van der Waals surface area contributed by atoms with Crippen LogP contribution in [0.5, 0.6) is 5.75 Å². The van der Waals surface area contributed by atoms with Gasteiger partial charge in [0.25, 0.3) is 0 Å². The highest BCUT2D eigenvalue weighted by Gasteiger charge is 2.32. The Hall–Kier alpha value is -2.24. The van der Waals surface area contributed by atoms with E-state index >= 15 is 0 Å². The Morgan fingerprint density at radius 2 is 2.27 bits per heavy atom. The van der Waals surface area contributed by atoms with E-state index in [1.54, 1.807) is 4.90 Å². The molecule has 0 bridgehead atoms. The summed E-state index contributed by atoms with van der Waals surface area (Å²) in [6.07, 6.45) is 2.47. The average molecular weight is 304 g/mol. The highest BCUT2D eigenvalue weighted by Crippen LogP contribution is 2.31. The van der Waals surface area contributed by atoms with Crippen LogP contribution in [-0.4, -0.2) is 37.8 Å². The standard InChI is InChI=1S/C16H20N2O4/c1-11(19)17-9-14-10-18(16(20)22-14)13-6-5-12-4-2-3-7-21-15(12)8-13/h5-6,8,14H,2-4,7,9-10H2,1H3,(H,17,19). The number of ether oxygens (including phenoxy) is 2. The summed E-state index contributed by atoms with van der Waals surface area (Å²) >= 11 is 0. The maximum absolute atomic E-state index is 12.0. The molecule has 118 valence electrons. The van der Waals surface area contributed by atoms with Gasteiger partial charge in [0.1, 0.15) is 11.9 Å². The highest BCUT2D eigenvalue weighted by molar-refractivity contribution is 5.90. The Kier molecular flexibility index (Phi) is 4.18. The van der Waals surface area contributed by atoms with Crippen LogP contribution in [0, 0.1) is 0 Å². The van der Waals surface area contributed by atoms with Crippen LogP contribution in [0.1, 0.15) is 25.3 Å². The summed E-state index contributed by atoms with van der Waals surface area (Å²) < 4.78 is 11.0. The molecule has 1 N–H and O–H groups in total. The van der Waals surface area contributed by atoms with E-state index in [1.807, 2.05) is 18.2 Å². The van der Waals surface area contributed by atoms with E-state index in [0.29, 0.717) is 19.7 Å². The van der Waals surface area contributed by atoms with Gasteiger partial charge in [-0.05, 0) is 30.9 Å². The molecule has 1 unspecified atom stereocenters. The van der Waals surface area contributed by atoms with Crippen molar-refractivity contribution in [3.05, 3.63) is 23.8 Å². The number of carbonyl (C=O) groups excluding carboxylic acids is 2. The summed E-state index contributed by atoms with van der Waals surface area (Å²) in [5.41, 5.74) is 1.96. The van der Waals surface area contributed by atoms with E-state index in [9.17, 15) is 9.59 Å². The quantitative estimate of drug-likeness (QED) is 0.925. The number of nitrogens with one attached hydrogen (secondary N) is 1. The van der Waals surface area contributed by atoms with E-state index < -0.39 is 0 Å². The van der Waals surface area contributed by atoms with E-state index in [0.717, 1.165) is 30.7 Å². The SMILES string of the molecule is CC(=O)NCC1CN(c2ccc3c(c2)OCCCC3)C(=O)O1. The largest absolute Gasteiger partial charge is 0.493 e. The predicted octanol–water partition coefficient (Wildman–Crippen LogP) is 1.86. The Morgan fingerprint density at radius 3 is 3.09 bits per heavy atom. The monoisotopic (exact) mass is 304 g/mol. The number of aryl methyl sites for hydroxylation is 1. The van der Waals surface area contributed by atoms with Crippen molar-refractivity contribution in [3.63, 3.8) is 0 Å². The number of rotatable bonds is 3. The van der Waals surface area contributed by atoms with Crippen molar-refractivity contribution in [2.45, 2.75) is 32.3 Å². The molecule has 0 saturated carbocycles. The van der Waals surface area contributed by atoms with Crippen LogP contribution in [0.2, 0.25) is 0 Å². The molecule has 0 spiro atoms. The van der Waals surface area contributed by atoms with Gasteiger partial charge in [0.05, 0.1) is 25.4 Å². The number of fused-ring (bicyclic) bond motifs is 1. The second-order valence-corrected chi connectivity index (χ2v) is 5.65. The third-order valence-electron chi connectivity index (χ3n) is 3.91. The number of anilines is 1. The van der Waals surface area contributed by atoms with Gasteiger partial charge in [0, 0.05) is 13.0 Å². The van der Waals surface area contributed by atoms with E-state index in [4.69, 9.17) is 9.47 Å². The first-order valence-electron chi connectivity index (χ1n) is 7.62. The molecule has 0 aliphatic carbocycles. The summed E-state index contributed by atoms with van der Waals surface area (Å²) in [6.45, 7) is 2.92. The molecule has 6 heteroatoms. The van der Waals surface area contributed by atoms with Gasteiger partial charge in [-0.25, -0.2) is 4.79 Å². The van der Waals surface area contributed by atoms with Gasteiger partial charge in [0.2, 0.25) is 5.91 Å². The van der Waals surface area contributed by atoms with E-state index in [2.05, 4.69) is 5.32 Å². The number of cyclic esters (lactones) is 1. The van der Waals surface area contributed by atoms with Crippen LogP contribution in [-0.2, 0) is 16.0 Å². The minimum Gasteiger partial charge on any atom is -0.493 e. The Labute approximate surface area is 129 Å². The van der Waals surface area contributed by atoms with E-state index in [1.165, 1.54) is 12.5 Å². The normalized spacial score (nSPS) is 20.7. The second kappa shape index (κ2) is 6.25. The molecule has 3 rings (SSSR count). The lowest BCUT2D eigenvalue weighted by atomic mass is 10.1. The van der Waals surface area contributed by atoms with Gasteiger partial charge in [-0.2, -0.15) is 0 Å². The van der Waals surface area contributed by atoms with Crippen LogP contribution in [0.15, 0.2) is 18.2 Å². The van der Waals surface area contributed by atoms with E-state index in [-0.39, 0.29) is 18.1 Å². The molecule has 2 amide bonds. The van der Waals surface area contributed by atoms with Crippen LogP contribution < -0.4 is 15.0 Å². The van der Waals surface area contributed by atoms with Gasteiger partial charge < -0.3 is 14.8 Å². The zero-order chi connectivity index (χ0) is 15.5. The van der Waals surface area contributed by atoms with Crippen molar-refractivity contribution in [1.29, 1.82) is 0 Å². The summed E-state index contributed by atoms with van der Waals surface area (Å²) in [5, 5.41) is 2.67. The molecule has 2 heterocycles. The van der Waals surface area contributed by atoms with Crippen molar-refractivity contribution in [1.82, 2.24) is 5.32 Å². The summed E-state index contributed by atoms with van der Waals surface area (Å²) in [5.74, 6) is 0.723. The number of carbonyl (C=O) groups is 2. The van der Waals surface area contributed by atoms with Crippen LogP contribution >= 0.6 is 0 Å². The zero-order valence-corrected chi connectivity index (χ0v) is 12.6. The van der Waals surface area contributed by atoms with Gasteiger partial charge in [-0.1, -0.05) is 6.07 Å². The molecule has 1 aromatic carbocycles. The van der Waals surface area contributed by atoms with Crippen LogP contribution in [0.3, 0.4) is 0 Å². The molecule has 0 aromatic heterocycles. The molecule has 2 aliphatic rings. The summed E-state index contributed by atoms with van der Waals surface area (Å²) in [4.78, 5) is 24.5. The first-order valence-corrected chi connectivity index (χ1v) is 7.62. The third kappa shape index (κ3) is 3.16. The number of amides is 2. The number of benzene rings is 1. The molecule has 0 radical (unpaired) electrons. The fourth-order valence-corrected chi connectivity index (χ4v) is 2.75. The van der Waals surface area contributed by atoms with Crippen molar-refractivity contribution >= 4 is 17.7 Å². The average Bonchev–Trinajstić information content (AvgIpc) is 2.71. The van der Waals surface area contributed by atoms with Crippen molar-refractivity contribution in [2.24, 2.45) is 0 Å². The molecular weight excluding hydrogens is 284 g/mol. The Morgan fingerprint density at radius 1 is 1.41 bits per heavy atom. The maximum atomic E-state index is 12.0. The second-order valence-electron chi connectivity index (χ2n) is 5.65. The lowest BCUT2D eigenvalue weighted by molar-refractivity contribution is -0.119. The van der Waals surface area contributed by atoms with Gasteiger partial charge in [0.15, 0.2) is 0 Å². The predicted molar refractivity (Wildman–Crippen MR) is 81.2 cm³/mol. The van der Waals surface area contributed by atoms with Crippen LogP contribution in [0.25, 0.3) is 0 Å². The summed E-state index contributed by atoms with van der Waals surface area (Å²) in [7, 11) is 0. The molecular formula is C16H20N2O4. The zero-order valence-electron chi connectivity index (χ0n) is 12.6. The topological polar surface area (TPSA) is 67.9 Å². The highest BCUT2D eigenvalue weighted by atomic mass is 16.6. The number of hydrogen-bond donors (Lipinski definition) is 1. The fourth-order valence-electron chi connectivity index (χ4n) is 2.75. The molecule has 2 aliphatic heterocycles.